The van der Waals surface area contributed by atoms with E-state index in [-0.39, 0.29) is 11.6 Å². The number of urea groups is 1. The summed E-state index contributed by atoms with van der Waals surface area (Å²) in [6.45, 7) is 2.69. The minimum atomic E-state index is -4.84. The Hall–Kier alpha value is -3.56. The highest BCUT2D eigenvalue weighted by molar-refractivity contribution is 6.09. The summed E-state index contributed by atoms with van der Waals surface area (Å²) in [6.07, 6.45) is -4.84. The first-order chi connectivity index (χ1) is 14.5. The Labute approximate surface area is 176 Å². The number of imide groups is 1. The third-order valence-corrected chi connectivity index (χ3v) is 4.92. The first-order valence-corrected chi connectivity index (χ1v) is 9.34. The Kier molecular flexibility index (Phi) is 5.92. The lowest BCUT2D eigenvalue weighted by molar-refractivity contribution is -0.274. The summed E-state index contributed by atoms with van der Waals surface area (Å²) in [6, 6.07) is 12.7. The summed E-state index contributed by atoms with van der Waals surface area (Å²) in [4.78, 5) is 38.4. The van der Waals surface area contributed by atoms with E-state index in [1.807, 2.05) is 30.3 Å². The highest BCUT2D eigenvalue weighted by Gasteiger charge is 2.49. The molecular weight excluding hydrogens is 415 g/mol. The molecule has 31 heavy (non-hydrogen) atoms. The Morgan fingerprint density at radius 3 is 2.32 bits per heavy atom. The van der Waals surface area contributed by atoms with Gasteiger partial charge in [-0.3, -0.25) is 14.5 Å². The maximum absolute atomic E-state index is 12.9. The summed E-state index contributed by atoms with van der Waals surface area (Å²) in [5.74, 6) is -1.68. The molecule has 3 rings (SSSR count). The predicted molar refractivity (Wildman–Crippen MR) is 104 cm³/mol. The van der Waals surface area contributed by atoms with Crippen molar-refractivity contribution in [3.63, 3.8) is 0 Å². The largest absolute Gasteiger partial charge is 0.573 e. The SMILES string of the molecule is CC(NC(=O)CN1C(=O)NC(C)(c2ccc(OC(F)(F)F)cc2)C1=O)c1ccccc1. The smallest absolute Gasteiger partial charge is 0.406 e. The maximum Gasteiger partial charge on any atom is 0.573 e. The molecule has 0 spiro atoms. The second kappa shape index (κ2) is 8.29. The summed E-state index contributed by atoms with van der Waals surface area (Å²) in [5.41, 5.74) is -0.417. The van der Waals surface area contributed by atoms with Crippen molar-refractivity contribution in [2.45, 2.75) is 31.8 Å². The molecule has 1 fully saturated rings. The van der Waals surface area contributed by atoms with Gasteiger partial charge in [0.15, 0.2) is 0 Å². The van der Waals surface area contributed by atoms with Gasteiger partial charge in [0.2, 0.25) is 5.91 Å². The average Bonchev–Trinajstić information content (AvgIpc) is 2.92. The first-order valence-electron chi connectivity index (χ1n) is 9.34. The molecule has 0 radical (unpaired) electrons. The Morgan fingerprint density at radius 2 is 1.74 bits per heavy atom. The van der Waals surface area contributed by atoms with Gasteiger partial charge >= 0.3 is 12.4 Å². The van der Waals surface area contributed by atoms with Gasteiger partial charge in [-0.25, -0.2) is 4.79 Å². The number of hydrogen-bond donors (Lipinski definition) is 2. The molecule has 1 saturated heterocycles. The molecule has 164 valence electrons. The molecule has 2 aromatic rings. The van der Waals surface area contributed by atoms with Gasteiger partial charge in [-0.15, -0.1) is 13.2 Å². The van der Waals surface area contributed by atoms with E-state index in [1.165, 1.54) is 19.1 Å². The van der Waals surface area contributed by atoms with Gasteiger partial charge in [0.1, 0.15) is 17.8 Å². The standard InChI is InChI=1S/C21H20F3N3O4/c1-13(14-6-4-3-5-7-14)25-17(28)12-27-18(29)20(2,26-19(27)30)15-8-10-16(11-9-15)31-21(22,23)24/h3-11,13H,12H2,1-2H3,(H,25,28)(H,26,30). The zero-order valence-corrected chi connectivity index (χ0v) is 16.7. The summed E-state index contributed by atoms with van der Waals surface area (Å²) >= 11 is 0. The van der Waals surface area contributed by atoms with Crippen LogP contribution in [0.15, 0.2) is 54.6 Å². The lowest BCUT2D eigenvalue weighted by Crippen LogP contribution is -2.43. The number of halogens is 3. The van der Waals surface area contributed by atoms with Gasteiger partial charge in [-0.2, -0.15) is 0 Å². The molecule has 2 N–H and O–H groups in total. The third kappa shape index (κ3) is 4.96. The number of carbonyl (C=O) groups is 3. The number of nitrogens with zero attached hydrogens (tertiary/aromatic N) is 1. The van der Waals surface area contributed by atoms with E-state index in [9.17, 15) is 27.6 Å². The van der Waals surface area contributed by atoms with Crippen LogP contribution in [0.3, 0.4) is 0 Å². The summed E-state index contributed by atoms with van der Waals surface area (Å²) in [7, 11) is 0. The molecule has 2 atom stereocenters. The van der Waals surface area contributed by atoms with Gasteiger partial charge in [-0.05, 0) is 37.1 Å². The Morgan fingerprint density at radius 1 is 1.13 bits per heavy atom. The van der Waals surface area contributed by atoms with Crippen LogP contribution >= 0.6 is 0 Å². The van der Waals surface area contributed by atoms with Gasteiger partial charge in [0.25, 0.3) is 5.91 Å². The van der Waals surface area contributed by atoms with Crippen molar-refractivity contribution >= 4 is 17.8 Å². The Balaban J connectivity index is 1.69. The maximum atomic E-state index is 12.9. The van der Waals surface area contributed by atoms with Crippen LogP contribution in [-0.4, -0.2) is 35.7 Å². The second-order valence-corrected chi connectivity index (χ2v) is 7.22. The monoisotopic (exact) mass is 435 g/mol. The van der Waals surface area contributed by atoms with Gasteiger partial charge in [0, 0.05) is 0 Å². The van der Waals surface area contributed by atoms with Crippen LogP contribution in [0.2, 0.25) is 0 Å². The molecule has 2 aromatic carbocycles. The van der Waals surface area contributed by atoms with Crippen LogP contribution in [-0.2, 0) is 15.1 Å². The molecule has 0 bridgehead atoms. The molecule has 0 aromatic heterocycles. The van der Waals surface area contributed by atoms with E-state index in [0.717, 1.165) is 22.6 Å². The van der Waals surface area contributed by atoms with Crippen molar-refractivity contribution in [3.05, 3.63) is 65.7 Å². The average molecular weight is 435 g/mol. The zero-order valence-electron chi connectivity index (χ0n) is 16.7. The fourth-order valence-corrected chi connectivity index (χ4v) is 3.28. The molecule has 2 unspecified atom stereocenters. The highest BCUT2D eigenvalue weighted by Crippen LogP contribution is 2.31. The van der Waals surface area contributed by atoms with Crippen molar-refractivity contribution in [2.75, 3.05) is 6.54 Å². The fourth-order valence-electron chi connectivity index (χ4n) is 3.28. The van der Waals surface area contributed by atoms with Crippen LogP contribution in [0.1, 0.15) is 31.0 Å². The quantitative estimate of drug-likeness (QED) is 0.682. The molecule has 0 saturated carbocycles. The lowest BCUT2D eigenvalue weighted by atomic mass is 9.92. The van der Waals surface area contributed by atoms with Crippen molar-refractivity contribution in [3.8, 4) is 5.75 Å². The van der Waals surface area contributed by atoms with Crippen LogP contribution < -0.4 is 15.4 Å². The van der Waals surface area contributed by atoms with Crippen LogP contribution in [0.4, 0.5) is 18.0 Å². The van der Waals surface area contributed by atoms with Crippen molar-refractivity contribution in [1.82, 2.24) is 15.5 Å². The van der Waals surface area contributed by atoms with Gasteiger partial charge < -0.3 is 15.4 Å². The number of amides is 4. The summed E-state index contributed by atoms with van der Waals surface area (Å²) < 4.78 is 40.8. The zero-order chi connectivity index (χ0) is 22.8. The molecule has 1 aliphatic rings. The van der Waals surface area contributed by atoms with E-state index < -0.39 is 42.0 Å². The summed E-state index contributed by atoms with van der Waals surface area (Å²) in [5, 5.41) is 5.22. The van der Waals surface area contributed by atoms with E-state index in [1.54, 1.807) is 6.92 Å². The van der Waals surface area contributed by atoms with Crippen molar-refractivity contribution in [2.24, 2.45) is 0 Å². The molecule has 10 heteroatoms. The number of hydrogen-bond acceptors (Lipinski definition) is 4. The molecule has 7 nitrogen and oxygen atoms in total. The van der Waals surface area contributed by atoms with Crippen molar-refractivity contribution < 1.29 is 32.3 Å². The number of nitrogens with one attached hydrogen (secondary N) is 2. The third-order valence-electron chi connectivity index (χ3n) is 4.92. The number of ether oxygens (including phenoxy) is 1. The fraction of sp³-hybridized carbons (Fsp3) is 0.286. The predicted octanol–water partition coefficient (Wildman–Crippen LogP) is 3.23. The van der Waals surface area contributed by atoms with Crippen LogP contribution in [0, 0.1) is 0 Å². The minimum Gasteiger partial charge on any atom is -0.406 e. The molecule has 0 aliphatic carbocycles. The van der Waals surface area contributed by atoms with Gasteiger partial charge in [0.05, 0.1) is 6.04 Å². The molecule has 4 amide bonds. The molecule has 1 heterocycles. The van der Waals surface area contributed by atoms with Crippen molar-refractivity contribution in [1.29, 1.82) is 0 Å². The number of alkyl halides is 3. The number of carbonyl (C=O) groups excluding carboxylic acids is 3. The molecule has 1 aliphatic heterocycles. The van der Waals surface area contributed by atoms with E-state index in [0.29, 0.717) is 0 Å². The first kappa shape index (κ1) is 22.1. The molecular formula is C21H20F3N3O4. The number of benzene rings is 2. The lowest BCUT2D eigenvalue weighted by Gasteiger charge is -2.23. The van der Waals surface area contributed by atoms with E-state index >= 15 is 0 Å². The minimum absolute atomic E-state index is 0.251. The van der Waals surface area contributed by atoms with Crippen LogP contribution in [0.25, 0.3) is 0 Å². The number of rotatable bonds is 6. The highest BCUT2D eigenvalue weighted by atomic mass is 19.4. The second-order valence-electron chi connectivity index (χ2n) is 7.22. The van der Waals surface area contributed by atoms with Crippen LogP contribution in [0.5, 0.6) is 5.75 Å². The van der Waals surface area contributed by atoms with E-state index in [4.69, 9.17) is 0 Å². The Bertz CT molecular complexity index is 980. The topological polar surface area (TPSA) is 87.7 Å². The van der Waals surface area contributed by atoms with Gasteiger partial charge in [-0.1, -0.05) is 42.5 Å². The normalized spacial score (nSPS) is 19.7. The van der Waals surface area contributed by atoms with E-state index in [2.05, 4.69) is 15.4 Å².